The highest BCUT2D eigenvalue weighted by atomic mass is 32.2. The first-order valence-corrected chi connectivity index (χ1v) is 11.9. The number of benzene rings is 2. The molecule has 2 aromatic rings. The lowest BCUT2D eigenvalue weighted by Gasteiger charge is -2.21. The summed E-state index contributed by atoms with van der Waals surface area (Å²) in [5.74, 6) is -18.8. The summed E-state index contributed by atoms with van der Waals surface area (Å²) in [6.45, 7) is 0. The van der Waals surface area contributed by atoms with Gasteiger partial charge in [-0.1, -0.05) is 6.07 Å². The van der Waals surface area contributed by atoms with E-state index in [2.05, 4.69) is 4.74 Å². The monoisotopic (exact) mass is 566 g/mol. The van der Waals surface area contributed by atoms with Gasteiger partial charge in [0.15, 0.2) is 21.3 Å². The van der Waals surface area contributed by atoms with Crippen molar-refractivity contribution < 1.29 is 64.4 Å². The van der Waals surface area contributed by atoms with Crippen molar-refractivity contribution in [2.75, 3.05) is 28.4 Å². The van der Waals surface area contributed by atoms with Crippen LogP contribution in [0.2, 0.25) is 0 Å². The summed E-state index contributed by atoms with van der Waals surface area (Å²) >= 11 is 0. The molecule has 208 valence electrons. The normalized spacial score (nSPS) is 12.2. The number of carboxylic acid groups (broad SMARTS) is 1. The van der Waals surface area contributed by atoms with Crippen LogP contribution in [0, 0.1) is 0 Å². The number of carboxylic acids is 1. The fraction of sp³-hybridized carbons (Fsp3) is 0.304. The Kier molecular flexibility index (Phi) is 9.21. The van der Waals surface area contributed by atoms with E-state index in [0.717, 1.165) is 24.7 Å². The van der Waals surface area contributed by atoms with E-state index in [4.69, 9.17) is 24.1 Å². The molecule has 38 heavy (non-hydrogen) atoms. The summed E-state index contributed by atoms with van der Waals surface area (Å²) in [5.41, 5.74) is 0.144. The third kappa shape index (κ3) is 6.45. The first kappa shape index (κ1) is 30.2. The standard InChI is InChI=1S/C23H22F4O10S/c1-33-14-10-17(35-3)15(18(11-14)36-4)7-8-38(31,32)12-13-5-6-16(34-2)19(9-13)37-21(30)23(26,27)22(24,25)20(28)29/h5-11H,12H2,1-4H3,(H,28,29)/b8-7+. The van der Waals surface area contributed by atoms with Gasteiger partial charge in [-0.05, 0) is 23.8 Å². The Balaban J connectivity index is 2.37. The zero-order valence-corrected chi connectivity index (χ0v) is 21.1. The van der Waals surface area contributed by atoms with Crippen LogP contribution >= 0.6 is 0 Å². The third-order valence-corrected chi connectivity index (χ3v) is 6.20. The molecule has 0 radical (unpaired) electrons. The van der Waals surface area contributed by atoms with Crippen molar-refractivity contribution in [1.82, 2.24) is 0 Å². The second kappa shape index (κ2) is 11.6. The molecule has 15 heteroatoms. The second-order valence-electron chi connectivity index (χ2n) is 7.38. The molecule has 0 aliphatic carbocycles. The molecule has 0 amide bonds. The van der Waals surface area contributed by atoms with Crippen LogP contribution in [0.15, 0.2) is 35.7 Å². The average Bonchev–Trinajstić information content (AvgIpc) is 2.86. The highest BCUT2D eigenvalue weighted by molar-refractivity contribution is 7.93. The second-order valence-corrected chi connectivity index (χ2v) is 9.27. The number of carbonyl (C=O) groups is 2. The smallest absolute Gasteiger partial charge is 0.416 e. The number of ether oxygens (including phenoxy) is 5. The van der Waals surface area contributed by atoms with Crippen LogP contribution in [0.4, 0.5) is 17.6 Å². The molecular weight excluding hydrogens is 544 g/mol. The Morgan fingerprint density at radius 2 is 1.39 bits per heavy atom. The fourth-order valence-corrected chi connectivity index (χ4v) is 4.05. The molecule has 0 heterocycles. The predicted octanol–water partition coefficient (Wildman–Crippen LogP) is 3.57. The molecule has 0 aliphatic heterocycles. The first-order valence-electron chi connectivity index (χ1n) is 10.2. The van der Waals surface area contributed by atoms with Crippen LogP contribution in [0.1, 0.15) is 11.1 Å². The van der Waals surface area contributed by atoms with Crippen molar-refractivity contribution in [3.05, 3.63) is 46.9 Å². The van der Waals surface area contributed by atoms with Gasteiger partial charge in [0.1, 0.15) is 17.2 Å². The molecule has 0 unspecified atom stereocenters. The molecular formula is C23H22F4O10S. The quantitative estimate of drug-likeness (QED) is 0.231. The van der Waals surface area contributed by atoms with Crippen LogP contribution in [0.25, 0.3) is 6.08 Å². The SMILES string of the molecule is COc1cc(OC)c(/C=C/S(=O)(=O)Cc2ccc(OC)c(OC(=O)C(F)(F)C(F)(F)C(=O)O)c2)c(OC)c1. The number of sulfone groups is 1. The van der Waals surface area contributed by atoms with Crippen molar-refractivity contribution in [3.8, 4) is 28.7 Å². The summed E-state index contributed by atoms with van der Waals surface area (Å²) in [5, 5.41) is 9.15. The van der Waals surface area contributed by atoms with Gasteiger partial charge < -0.3 is 28.8 Å². The van der Waals surface area contributed by atoms with E-state index in [1.165, 1.54) is 45.6 Å². The highest BCUT2D eigenvalue weighted by Crippen LogP contribution is 2.38. The number of rotatable bonds is 12. The Bertz CT molecular complexity index is 1310. The molecule has 2 rings (SSSR count). The van der Waals surface area contributed by atoms with Gasteiger partial charge in [-0.2, -0.15) is 17.6 Å². The zero-order chi connectivity index (χ0) is 28.9. The lowest BCUT2D eigenvalue weighted by molar-refractivity contribution is -0.229. The topological polar surface area (TPSA) is 135 Å². The summed E-state index contributed by atoms with van der Waals surface area (Å²) < 4.78 is 104. The Labute approximate surface area is 214 Å². The number of methoxy groups -OCH3 is 4. The summed E-state index contributed by atoms with van der Waals surface area (Å²) in [6.07, 6.45) is 1.19. The van der Waals surface area contributed by atoms with Gasteiger partial charge in [-0.25, -0.2) is 18.0 Å². The number of aliphatic carboxylic acids is 1. The van der Waals surface area contributed by atoms with Gasteiger partial charge in [0.05, 0.1) is 39.8 Å². The van der Waals surface area contributed by atoms with Gasteiger partial charge in [-0.15, -0.1) is 0 Å². The summed E-state index contributed by atoms with van der Waals surface area (Å²) in [4.78, 5) is 22.2. The van der Waals surface area contributed by atoms with Crippen LogP contribution in [-0.2, 0) is 25.2 Å². The maximum Gasteiger partial charge on any atom is 0.416 e. The van der Waals surface area contributed by atoms with Crippen molar-refractivity contribution in [3.63, 3.8) is 0 Å². The van der Waals surface area contributed by atoms with Crippen LogP contribution < -0.4 is 23.7 Å². The molecule has 0 fully saturated rings. The maximum atomic E-state index is 13.8. The third-order valence-electron chi connectivity index (χ3n) is 4.91. The zero-order valence-electron chi connectivity index (χ0n) is 20.3. The molecule has 0 aromatic heterocycles. The van der Waals surface area contributed by atoms with Crippen molar-refractivity contribution in [1.29, 1.82) is 0 Å². The molecule has 2 aromatic carbocycles. The Morgan fingerprint density at radius 1 is 0.842 bits per heavy atom. The van der Waals surface area contributed by atoms with E-state index < -0.39 is 50.9 Å². The van der Waals surface area contributed by atoms with E-state index in [-0.39, 0.29) is 22.6 Å². The van der Waals surface area contributed by atoms with Gasteiger partial charge in [-0.3, -0.25) is 0 Å². The molecule has 10 nitrogen and oxygen atoms in total. The number of esters is 1. The molecule has 0 spiro atoms. The highest BCUT2D eigenvalue weighted by Gasteiger charge is 2.69. The minimum absolute atomic E-state index is 0.111. The molecule has 0 saturated heterocycles. The first-order chi connectivity index (χ1) is 17.6. The van der Waals surface area contributed by atoms with Crippen LogP contribution in [0.5, 0.6) is 28.7 Å². The largest absolute Gasteiger partial charge is 0.496 e. The Morgan fingerprint density at radius 3 is 1.87 bits per heavy atom. The van der Waals surface area contributed by atoms with E-state index in [0.29, 0.717) is 5.75 Å². The average molecular weight is 566 g/mol. The van der Waals surface area contributed by atoms with Crippen molar-refractivity contribution in [2.24, 2.45) is 0 Å². The minimum Gasteiger partial charge on any atom is -0.496 e. The van der Waals surface area contributed by atoms with Gasteiger partial charge in [0.2, 0.25) is 0 Å². The number of carbonyl (C=O) groups excluding carboxylic acids is 1. The lowest BCUT2D eigenvalue weighted by Crippen LogP contribution is -2.53. The molecule has 1 N–H and O–H groups in total. The van der Waals surface area contributed by atoms with Crippen LogP contribution in [0.3, 0.4) is 0 Å². The van der Waals surface area contributed by atoms with Crippen LogP contribution in [-0.4, -0.2) is 65.7 Å². The lowest BCUT2D eigenvalue weighted by atomic mass is 10.1. The maximum absolute atomic E-state index is 13.8. The minimum atomic E-state index is -5.77. The number of halogens is 4. The summed E-state index contributed by atoms with van der Waals surface area (Å²) in [6, 6.07) is 6.01. The fourth-order valence-electron chi connectivity index (χ4n) is 2.97. The number of hydrogen-bond donors (Lipinski definition) is 1. The van der Waals surface area contributed by atoms with E-state index >= 15 is 0 Å². The van der Waals surface area contributed by atoms with E-state index in [9.17, 15) is 35.6 Å². The summed E-state index contributed by atoms with van der Waals surface area (Å²) in [7, 11) is 1.05. The van der Waals surface area contributed by atoms with Crippen molar-refractivity contribution in [2.45, 2.75) is 17.6 Å². The number of alkyl halides is 4. The number of hydrogen-bond acceptors (Lipinski definition) is 9. The molecule has 0 saturated carbocycles. The molecule has 0 atom stereocenters. The Hall–Kier alpha value is -4.01. The van der Waals surface area contributed by atoms with E-state index in [1.807, 2.05) is 0 Å². The predicted molar refractivity (Wildman–Crippen MR) is 124 cm³/mol. The van der Waals surface area contributed by atoms with Gasteiger partial charge >= 0.3 is 23.8 Å². The van der Waals surface area contributed by atoms with E-state index in [1.54, 1.807) is 0 Å². The molecule has 0 aliphatic rings. The van der Waals surface area contributed by atoms with Gasteiger partial charge in [0.25, 0.3) is 0 Å². The van der Waals surface area contributed by atoms with Crippen molar-refractivity contribution >= 4 is 27.9 Å². The van der Waals surface area contributed by atoms with Gasteiger partial charge in [0, 0.05) is 17.5 Å². The molecule has 0 bridgehead atoms.